The minimum Gasteiger partial charge on any atom is -0.463 e. The molecule has 2 aliphatic carbocycles. The monoisotopic (exact) mass is 472 g/mol. The Morgan fingerprint density at radius 1 is 0.676 bits per heavy atom. The van der Waals surface area contributed by atoms with Crippen molar-refractivity contribution in [1.82, 2.24) is 9.80 Å². The second-order valence-corrected chi connectivity index (χ2v) is 8.76. The van der Waals surface area contributed by atoms with Gasteiger partial charge in [0.05, 0.1) is 36.9 Å². The summed E-state index contributed by atoms with van der Waals surface area (Å²) in [6.07, 6.45) is 5.63. The summed E-state index contributed by atoms with van der Waals surface area (Å²) in [7, 11) is 0. The zero-order valence-corrected chi connectivity index (χ0v) is 19.3. The fourth-order valence-corrected chi connectivity index (χ4v) is 5.00. The molecule has 4 aliphatic rings. The molecule has 10 nitrogen and oxygen atoms in total. The molecule has 4 rings (SSSR count). The number of ether oxygens (including phenoxy) is 2. The molecule has 2 aliphatic heterocycles. The normalized spacial score (nSPS) is 27.0. The van der Waals surface area contributed by atoms with Crippen molar-refractivity contribution < 1.29 is 38.2 Å². The van der Waals surface area contributed by atoms with Crippen molar-refractivity contribution in [2.45, 2.75) is 39.5 Å². The molecule has 0 saturated carbocycles. The Morgan fingerprint density at radius 3 is 1.41 bits per heavy atom. The lowest BCUT2D eigenvalue weighted by molar-refractivity contribution is -0.143. The van der Waals surface area contributed by atoms with E-state index in [0.717, 1.165) is 0 Å². The SMILES string of the molecule is CCOC(=O)C1=CC2C(=O)N(CCCCCCN3C(=O)C4C=C(C(=O)OCC)C4C3=O)C(=O)C12. The summed E-state index contributed by atoms with van der Waals surface area (Å²) >= 11 is 0. The van der Waals surface area contributed by atoms with Gasteiger partial charge in [-0.3, -0.25) is 29.0 Å². The van der Waals surface area contributed by atoms with E-state index in [2.05, 4.69) is 0 Å². The molecule has 4 amide bonds. The number of likely N-dealkylation sites (tertiary alicyclic amines) is 2. The van der Waals surface area contributed by atoms with E-state index >= 15 is 0 Å². The fraction of sp³-hybridized carbons (Fsp3) is 0.583. The molecule has 2 fully saturated rings. The van der Waals surface area contributed by atoms with Gasteiger partial charge in [-0.1, -0.05) is 25.0 Å². The summed E-state index contributed by atoms with van der Waals surface area (Å²) in [5, 5.41) is 0. The van der Waals surface area contributed by atoms with E-state index < -0.39 is 35.6 Å². The number of imide groups is 2. The molecule has 2 saturated heterocycles. The number of amides is 4. The maximum atomic E-state index is 12.6. The number of unbranched alkanes of at least 4 members (excludes halogenated alkanes) is 3. The van der Waals surface area contributed by atoms with Gasteiger partial charge in [0.15, 0.2) is 0 Å². The molecule has 10 heteroatoms. The number of carbonyl (C=O) groups is 6. The lowest BCUT2D eigenvalue weighted by Gasteiger charge is -2.23. The van der Waals surface area contributed by atoms with Crippen LogP contribution in [0.2, 0.25) is 0 Å². The maximum absolute atomic E-state index is 12.6. The second kappa shape index (κ2) is 9.52. The Kier molecular flexibility index (Phi) is 6.67. The molecule has 4 unspecified atom stereocenters. The van der Waals surface area contributed by atoms with Crippen LogP contribution in [-0.4, -0.2) is 71.7 Å². The number of carbonyl (C=O) groups excluding carboxylic acids is 6. The summed E-state index contributed by atoms with van der Waals surface area (Å²) in [6.45, 7) is 4.32. The van der Waals surface area contributed by atoms with E-state index in [1.165, 1.54) is 22.0 Å². The van der Waals surface area contributed by atoms with Crippen LogP contribution < -0.4 is 0 Å². The molecule has 0 bridgehead atoms. The average Bonchev–Trinajstić information content (AvgIpc) is 3.02. The number of esters is 2. The Balaban J connectivity index is 1.17. The van der Waals surface area contributed by atoms with Crippen LogP contribution >= 0.6 is 0 Å². The van der Waals surface area contributed by atoms with Crippen LogP contribution in [0.3, 0.4) is 0 Å². The van der Waals surface area contributed by atoms with Crippen molar-refractivity contribution in [3.8, 4) is 0 Å². The summed E-state index contributed by atoms with van der Waals surface area (Å²) in [5.74, 6) is -4.93. The predicted octanol–water partition coefficient (Wildman–Crippen LogP) is 0.755. The van der Waals surface area contributed by atoms with Gasteiger partial charge in [-0.2, -0.15) is 0 Å². The lowest BCUT2D eigenvalue weighted by atomic mass is 9.76. The second-order valence-electron chi connectivity index (χ2n) is 8.76. The molecule has 0 aromatic carbocycles. The van der Waals surface area contributed by atoms with E-state index in [1.54, 1.807) is 13.8 Å². The van der Waals surface area contributed by atoms with Gasteiger partial charge in [0.25, 0.3) is 0 Å². The van der Waals surface area contributed by atoms with Crippen molar-refractivity contribution in [3.05, 3.63) is 23.3 Å². The predicted molar refractivity (Wildman–Crippen MR) is 115 cm³/mol. The smallest absolute Gasteiger partial charge is 0.334 e. The highest BCUT2D eigenvalue weighted by atomic mass is 16.5. The highest BCUT2D eigenvalue weighted by Crippen LogP contribution is 2.43. The van der Waals surface area contributed by atoms with Gasteiger partial charge in [0, 0.05) is 24.2 Å². The Labute approximate surface area is 196 Å². The van der Waals surface area contributed by atoms with E-state index in [1.807, 2.05) is 0 Å². The summed E-state index contributed by atoms with van der Waals surface area (Å²) in [5.41, 5.74) is 0.532. The van der Waals surface area contributed by atoms with Crippen molar-refractivity contribution in [2.24, 2.45) is 23.7 Å². The third-order valence-electron chi connectivity index (χ3n) is 6.81. The quantitative estimate of drug-likeness (QED) is 0.245. The van der Waals surface area contributed by atoms with Crippen LogP contribution in [-0.2, 0) is 38.2 Å². The number of hydrogen-bond acceptors (Lipinski definition) is 8. The molecular formula is C24H28N2O8. The van der Waals surface area contributed by atoms with Crippen LogP contribution in [0.4, 0.5) is 0 Å². The van der Waals surface area contributed by atoms with E-state index in [9.17, 15) is 28.8 Å². The van der Waals surface area contributed by atoms with Gasteiger partial charge in [0.1, 0.15) is 0 Å². The minimum atomic E-state index is -0.720. The summed E-state index contributed by atoms with van der Waals surface area (Å²) in [4.78, 5) is 76.3. The maximum Gasteiger partial charge on any atom is 0.334 e. The van der Waals surface area contributed by atoms with Crippen LogP contribution in [0.1, 0.15) is 39.5 Å². The third-order valence-corrected chi connectivity index (χ3v) is 6.81. The molecule has 34 heavy (non-hydrogen) atoms. The first-order valence-electron chi connectivity index (χ1n) is 11.8. The van der Waals surface area contributed by atoms with Gasteiger partial charge in [0.2, 0.25) is 23.6 Å². The number of hydrogen-bond donors (Lipinski definition) is 0. The van der Waals surface area contributed by atoms with Gasteiger partial charge < -0.3 is 9.47 Å². The first-order valence-corrected chi connectivity index (χ1v) is 11.8. The molecule has 0 aromatic rings. The van der Waals surface area contributed by atoms with Gasteiger partial charge in [-0.15, -0.1) is 0 Å². The molecule has 0 N–H and O–H groups in total. The molecular weight excluding hydrogens is 444 g/mol. The highest BCUT2D eigenvalue weighted by Gasteiger charge is 2.56. The standard InChI is InChI=1S/C24H28N2O8/c1-3-33-23(31)15-11-13-17(15)21(29)25(19(13)27)9-7-5-6-8-10-26-20(28)14-12-16(18(14)22(26)30)24(32)34-4-2/h11-14,17-18H,3-10H2,1-2H3. The molecule has 2 heterocycles. The highest BCUT2D eigenvalue weighted by molar-refractivity contribution is 6.15. The minimum absolute atomic E-state index is 0.207. The fourth-order valence-electron chi connectivity index (χ4n) is 5.00. The molecule has 0 spiro atoms. The topological polar surface area (TPSA) is 127 Å². The Hall–Kier alpha value is -3.30. The van der Waals surface area contributed by atoms with Crippen molar-refractivity contribution in [2.75, 3.05) is 26.3 Å². The van der Waals surface area contributed by atoms with Crippen LogP contribution in [0.25, 0.3) is 0 Å². The third kappa shape index (κ3) is 3.84. The average molecular weight is 472 g/mol. The molecule has 4 atom stereocenters. The molecule has 0 aromatic heterocycles. The number of fused-ring (bicyclic) bond motifs is 2. The van der Waals surface area contributed by atoms with Gasteiger partial charge >= 0.3 is 11.9 Å². The largest absolute Gasteiger partial charge is 0.463 e. The van der Waals surface area contributed by atoms with Gasteiger partial charge in [-0.05, 0) is 26.7 Å². The first-order chi connectivity index (χ1) is 16.3. The van der Waals surface area contributed by atoms with Crippen molar-refractivity contribution >= 4 is 35.6 Å². The first kappa shape index (κ1) is 23.8. The van der Waals surface area contributed by atoms with E-state index in [4.69, 9.17) is 9.47 Å². The molecule has 182 valence electrons. The van der Waals surface area contributed by atoms with E-state index in [-0.39, 0.29) is 61.1 Å². The van der Waals surface area contributed by atoms with Crippen LogP contribution in [0.15, 0.2) is 23.3 Å². The number of nitrogens with zero attached hydrogens (tertiary/aromatic N) is 2. The van der Waals surface area contributed by atoms with Crippen LogP contribution in [0.5, 0.6) is 0 Å². The zero-order valence-electron chi connectivity index (χ0n) is 19.3. The summed E-state index contributed by atoms with van der Waals surface area (Å²) in [6, 6.07) is 0. The van der Waals surface area contributed by atoms with E-state index in [0.29, 0.717) is 25.7 Å². The lowest BCUT2D eigenvalue weighted by Crippen LogP contribution is -2.34. The number of rotatable bonds is 11. The Bertz CT molecular complexity index is 932. The Morgan fingerprint density at radius 2 is 1.06 bits per heavy atom. The molecule has 0 radical (unpaired) electrons. The van der Waals surface area contributed by atoms with Crippen LogP contribution in [0, 0.1) is 23.7 Å². The van der Waals surface area contributed by atoms with Gasteiger partial charge in [-0.25, -0.2) is 9.59 Å². The zero-order chi connectivity index (χ0) is 24.6. The summed E-state index contributed by atoms with van der Waals surface area (Å²) < 4.78 is 9.87. The van der Waals surface area contributed by atoms with Crippen molar-refractivity contribution in [3.63, 3.8) is 0 Å². The van der Waals surface area contributed by atoms with Crippen molar-refractivity contribution in [1.29, 1.82) is 0 Å².